The first-order chi connectivity index (χ1) is 12.2. The Balaban J connectivity index is 2.20. The summed E-state index contributed by atoms with van der Waals surface area (Å²) in [6.45, 7) is 7.44. The molecule has 0 aliphatic carbocycles. The summed E-state index contributed by atoms with van der Waals surface area (Å²) >= 11 is 5.93. The van der Waals surface area contributed by atoms with E-state index >= 15 is 0 Å². The largest absolute Gasteiger partial charge is 0.480 e. The zero-order chi connectivity index (χ0) is 19.4. The first-order valence-corrected chi connectivity index (χ1v) is 8.95. The van der Waals surface area contributed by atoms with Crippen molar-refractivity contribution in [1.29, 1.82) is 0 Å². The van der Waals surface area contributed by atoms with Crippen LogP contribution >= 0.6 is 11.6 Å². The molecule has 7 heteroatoms. The van der Waals surface area contributed by atoms with Gasteiger partial charge in [0.05, 0.1) is 17.8 Å². The van der Waals surface area contributed by atoms with E-state index in [9.17, 15) is 14.7 Å². The monoisotopic (exact) mass is 377 g/mol. The standard InChI is InChI=1S/C19H24ClN3O3/c1-5-11(2)18(19(25)26)21-17(24)10-16-12(3)22-23(13(16)4)15-8-6-14(20)7-9-15/h6-9,11,18H,5,10H2,1-4H3,(H,21,24)(H,25,26). The average Bonchev–Trinajstić information content (AvgIpc) is 2.87. The summed E-state index contributed by atoms with van der Waals surface area (Å²) in [6.07, 6.45) is 0.759. The predicted octanol–water partition coefficient (Wildman–Crippen LogP) is 3.30. The summed E-state index contributed by atoms with van der Waals surface area (Å²) in [6, 6.07) is 6.39. The molecule has 0 saturated heterocycles. The van der Waals surface area contributed by atoms with Crippen molar-refractivity contribution < 1.29 is 14.7 Å². The first kappa shape index (κ1) is 20.0. The Morgan fingerprint density at radius 2 is 1.88 bits per heavy atom. The Labute approximate surface area is 158 Å². The number of carboxylic acid groups (broad SMARTS) is 1. The van der Waals surface area contributed by atoms with Gasteiger partial charge in [-0.15, -0.1) is 0 Å². The number of halogens is 1. The molecule has 2 unspecified atom stereocenters. The minimum absolute atomic E-state index is 0.0888. The van der Waals surface area contributed by atoms with E-state index in [4.69, 9.17) is 11.6 Å². The zero-order valence-corrected chi connectivity index (χ0v) is 16.2. The molecule has 2 atom stereocenters. The molecular formula is C19H24ClN3O3. The molecule has 2 aromatic rings. The van der Waals surface area contributed by atoms with Crippen LogP contribution in [0.3, 0.4) is 0 Å². The highest BCUT2D eigenvalue weighted by molar-refractivity contribution is 6.30. The van der Waals surface area contributed by atoms with E-state index in [1.807, 2.05) is 39.8 Å². The summed E-state index contributed by atoms with van der Waals surface area (Å²) in [5.74, 6) is -1.48. The quantitative estimate of drug-likeness (QED) is 0.775. The minimum Gasteiger partial charge on any atom is -0.480 e. The van der Waals surface area contributed by atoms with E-state index in [2.05, 4.69) is 10.4 Å². The van der Waals surface area contributed by atoms with Gasteiger partial charge in [-0.25, -0.2) is 9.48 Å². The molecule has 1 aromatic heterocycles. The van der Waals surface area contributed by atoms with Gasteiger partial charge in [0, 0.05) is 16.3 Å². The van der Waals surface area contributed by atoms with E-state index in [0.717, 1.165) is 22.6 Å². The number of benzene rings is 1. The van der Waals surface area contributed by atoms with Crippen LogP contribution in [0.15, 0.2) is 24.3 Å². The van der Waals surface area contributed by atoms with Crippen LogP contribution in [-0.4, -0.2) is 32.8 Å². The van der Waals surface area contributed by atoms with Crippen LogP contribution in [-0.2, 0) is 16.0 Å². The van der Waals surface area contributed by atoms with Crippen molar-refractivity contribution in [3.63, 3.8) is 0 Å². The third kappa shape index (κ3) is 4.43. The molecule has 6 nitrogen and oxygen atoms in total. The molecular weight excluding hydrogens is 354 g/mol. The van der Waals surface area contributed by atoms with Crippen molar-refractivity contribution in [2.24, 2.45) is 5.92 Å². The summed E-state index contributed by atoms with van der Waals surface area (Å²) in [4.78, 5) is 23.8. The maximum Gasteiger partial charge on any atom is 0.326 e. The Morgan fingerprint density at radius 3 is 2.42 bits per heavy atom. The molecule has 0 saturated carbocycles. The van der Waals surface area contributed by atoms with E-state index in [1.165, 1.54) is 0 Å². The Bertz CT molecular complexity index is 799. The number of nitrogens with one attached hydrogen (secondary N) is 1. The van der Waals surface area contributed by atoms with Gasteiger partial charge >= 0.3 is 5.97 Å². The lowest BCUT2D eigenvalue weighted by molar-refractivity contribution is -0.143. The molecule has 1 heterocycles. The summed E-state index contributed by atoms with van der Waals surface area (Å²) in [5.41, 5.74) is 3.23. The maximum atomic E-state index is 12.4. The van der Waals surface area contributed by atoms with Gasteiger partial charge in [0.1, 0.15) is 6.04 Å². The number of amides is 1. The van der Waals surface area contributed by atoms with Crippen LogP contribution in [0.5, 0.6) is 0 Å². The highest BCUT2D eigenvalue weighted by Crippen LogP contribution is 2.20. The van der Waals surface area contributed by atoms with Gasteiger partial charge in [-0.05, 0) is 44.0 Å². The van der Waals surface area contributed by atoms with Gasteiger partial charge in [0.15, 0.2) is 0 Å². The first-order valence-electron chi connectivity index (χ1n) is 8.57. The molecule has 2 N–H and O–H groups in total. The minimum atomic E-state index is -1.02. The molecule has 0 radical (unpaired) electrons. The van der Waals surface area contributed by atoms with Crippen molar-refractivity contribution in [2.45, 2.75) is 46.6 Å². The second kappa shape index (κ2) is 8.36. The van der Waals surface area contributed by atoms with Crippen molar-refractivity contribution in [2.75, 3.05) is 0 Å². The van der Waals surface area contributed by atoms with Gasteiger partial charge in [0.2, 0.25) is 5.91 Å². The normalized spacial score (nSPS) is 13.3. The fourth-order valence-electron chi connectivity index (χ4n) is 2.83. The van der Waals surface area contributed by atoms with Crippen molar-refractivity contribution in [3.8, 4) is 5.69 Å². The third-order valence-corrected chi connectivity index (χ3v) is 4.90. The molecule has 0 fully saturated rings. The number of aryl methyl sites for hydroxylation is 1. The van der Waals surface area contributed by atoms with Crippen LogP contribution in [0.25, 0.3) is 5.69 Å². The highest BCUT2D eigenvalue weighted by Gasteiger charge is 2.26. The Morgan fingerprint density at radius 1 is 1.27 bits per heavy atom. The van der Waals surface area contributed by atoms with Gasteiger partial charge in [0.25, 0.3) is 0 Å². The molecule has 1 aromatic carbocycles. The van der Waals surface area contributed by atoms with Gasteiger partial charge < -0.3 is 10.4 Å². The number of carbonyl (C=O) groups is 2. The summed E-state index contributed by atoms with van der Waals surface area (Å²) in [7, 11) is 0. The van der Waals surface area contributed by atoms with E-state index in [0.29, 0.717) is 11.4 Å². The lowest BCUT2D eigenvalue weighted by Gasteiger charge is -2.20. The Kier molecular flexibility index (Phi) is 6.42. The van der Waals surface area contributed by atoms with Crippen molar-refractivity contribution in [3.05, 3.63) is 46.2 Å². The number of hydrogen-bond acceptors (Lipinski definition) is 3. The van der Waals surface area contributed by atoms with E-state index in [1.54, 1.807) is 16.8 Å². The van der Waals surface area contributed by atoms with Crippen LogP contribution in [0.4, 0.5) is 0 Å². The van der Waals surface area contributed by atoms with Crippen LogP contribution in [0.1, 0.15) is 37.2 Å². The lowest BCUT2D eigenvalue weighted by atomic mass is 9.99. The number of hydrogen-bond donors (Lipinski definition) is 2. The molecule has 26 heavy (non-hydrogen) atoms. The number of carbonyl (C=O) groups excluding carboxylic acids is 1. The molecule has 0 aliphatic rings. The number of carboxylic acids is 1. The Hall–Kier alpha value is -2.34. The van der Waals surface area contributed by atoms with Crippen LogP contribution in [0, 0.1) is 19.8 Å². The zero-order valence-electron chi connectivity index (χ0n) is 15.4. The van der Waals surface area contributed by atoms with E-state index < -0.39 is 12.0 Å². The number of nitrogens with zero attached hydrogens (tertiary/aromatic N) is 2. The van der Waals surface area contributed by atoms with E-state index in [-0.39, 0.29) is 18.2 Å². The van der Waals surface area contributed by atoms with Crippen molar-refractivity contribution in [1.82, 2.24) is 15.1 Å². The second-order valence-corrected chi connectivity index (χ2v) is 6.92. The van der Waals surface area contributed by atoms with Gasteiger partial charge in [-0.1, -0.05) is 31.9 Å². The third-order valence-electron chi connectivity index (χ3n) is 4.65. The second-order valence-electron chi connectivity index (χ2n) is 6.48. The number of rotatable bonds is 7. The highest BCUT2D eigenvalue weighted by atomic mass is 35.5. The molecule has 140 valence electrons. The molecule has 0 spiro atoms. The molecule has 0 aliphatic heterocycles. The topological polar surface area (TPSA) is 84.2 Å². The smallest absolute Gasteiger partial charge is 0.326 e. The summed E-state index contributed by atoms with van der Waals surface area (Å²) < 4.78 is 1.76. The number of aromatic nitrogens is 2. The van der Waals surface area contributed by atoms with Gasteiger partial charge in [-0.3, -0.25) is 4.79 Å². The maximum absolute atomic E-state index is 12.4. The fourth-order valence-corrected chi connectivity index (χ4v) is 2.96. The fraction of sp³-hybridized carbons (Fsp3) is 0.421. The SMILES string of the molecule is CCC(C)C(NC(=O)Cc1c(C)nn(-c2ccc(Cl)cc2)c1C)C(=O)O. The van der Waals surface area contributed by atoms with Gasteiger partial charge in [-0.2, -0.15) is 5.10 Å². The summed E-state index contributed by atoms with van der Waals surface area (Å²) in [5, 5.41) is 17.1. The van der Waals surface area contributed by atoms with Crippen molar-refractivity contribution >= 4 is 23.5 Å². The molecule has 1 amide bonds. The average molecular weight is 378 g/mol. The molecule has 2 rings (SSSR count). The predicted molar refractivity (Wildman–Crippen MR) is 101 cm³/mol. The molecule has 0 bridgehead atoms. The van der Waals surface area contributed by atoms with Crippen LogP contribution in [0.2, 0.25) is 5.02 Å². The number of aliphatic carboxylic acids is 1. The van der Waals surface area contributed by atoms with Crippen LogP contribution < -0.4 is 5.32 Å². The lowest BCUT2D eigenvalue weighted by Crippen LogP contribution is -2.45.